The number of nitrogens with zero attached hydrogens (tertiary/aromatic N) is 2. The van der Waals surface area contributed by atoms with Crippen molar-refractivity contribution in [1.82, 2.24) is 0 Å². The average molecular weight is 802 g/mol. The smallest absolute Gasteiger partial charge is 0.209 e. The number of hydrogen-bond acceptors (Lipinski definition) is 13. The van der Waals surface area contributed by atoms with Gasteiger partial charge in [-0.3, -0.25) is 0 Å². The van der Waals surface area contributed by atoms with Gasteiger partial charge in [0.15, 0.2) is 12.3 Å². The lowest BCUT2D eigenvalue weighted by Crippen LogP contribution is -2.30. The zero-order valence-electron chi connectivity index (χ0n) is 29.2. The second-order valence-electron chi connectivity index (χ2n) is 14.7. The van der Waals surface area contributed by atoms with Crippen LogP contribution in [0.4, 0.5) is 11.4 Å². The van der Waals surface area contributed by atoms with Gasteiger partial charge in [0.25, 0.3) is 0 Å². The number of benzene rings is 2. The summed E-state index contributed by atoms with van der Waals surface area (Å²) in [6.45, 7) is 5.93. The number of anilines is 1. The standard InChI is InChI=1S/C36H40N2O11S4/c1-22-23(18-25-10-12-35(2)29-20-27(50-49-39)6-8-31(29)37(33(25)35)14-16-51(40,41)42)4-5-24(22)19-26-11-13-36(3)30-21-28(53(46,47)48)7-9-32(30)38(34(26)36)15-17-52(43,44)45/h6-9,18-21H,4-5,10-17H2,1-3H3,(H3-,39,40,41,42,43,44,45,46,47,48)/p-3. The first kappa shape index (κ1) is 38.2. The number of allylic oxidation sites excluding steroid dienone is 8. The van der Waals surface area contributed by atoms with Gasteiger partial charge in [-0.25, -0.2) is 25.3 Å². The van der Waals surface area contributed by atoms with E-state index < -0.39 is 52.7 Å². The van der Waals surface area contributed by atoms with Crippen LogP contribution in [0.25, 0.3) is 0 Å². The Bertz CT molecular complexity index is 2450. The van der Waals surface area contributed by atoms with E-state index in [1.807, 2.05) is 30.6 Å². The van der Waals surface area contributed by atoms with Crippen molar-refractivity contribution in [3.63, 3.8) is 0 Å². The molecule has 0 saturated heterocycles. The average Bonchev–Trinajstić information content (AvgIpc) is 3.81. The Kier molecular flexibility index (Phi) is 9.55. The Morgan fingerprint density at radius 3 is 2.21 bits per heavy atom. The van der Waals surface area contributed by atoms with Gasteiger partial charge in [-0.15, -0.1) is 0 Å². The van der Waals surface area contributed by atoms with E-state index in [-0.39, 0.29) is 18.0 Å². The third-order valence-corrected chi connectivity index (χ3v) is 14.3. The van der Waals surface area contributed by atoms with Gasteiger partial charge in [-0.1, -0.05) is 6.08 Å². The van der Waals surface area contributed by atoms with Crippen LogP contribution in [0.3, 0.4) is 0 Å². The van der Waals surface area contributed by atoms with E-state index >= 15 is 0 Å². The van der Waals surface area contributed by atoms with Crippen LogP contribution in [0, 0.1) is 0 Å². The summed E-state index contributed by atoms with van der Waals surface area (Å²) in [6, 6.07) is 9.52. The highest BCUT2D eigenvalue weighted by atomic mass is 32.2. The lowest BCUT2D eigenvalue weighted by Gasteiger charge is -2.27. The van der Waals surface area contributed by atoms with E-state index in [4.69, 9.17) is 0 Å². The fraction of sp³-hybridized carbons (Fsp3) is 0.417. The van der Waals surface area contributed by atoms with Crippen LogP contribution < -0.4 is 10.2 Å². The summed E-state index contributed by atoms with van der Waals surface area (Å²) >= 11 is 0.699. The molecule has 53 heavy (non-hydrogen) atoms. The predicted octanol–water partition coefficient (Wildman–Crippen LogP) is 3.92. The first-order chi connectivity index (χ1) is 24.7. The van der Waals surface area contributed by atoms with Crippen molar-refractivity contribution < 1.29 is 53.1 Å². The Balaban J connectivity index is 1.28. The number of hydrogen-bond donors (Lipinski definition) is 0. The van der Waals surface area contributed by atoms with Gasteiger partial charge in [-0.2, -0.15) is 4.58 Å². The molecule has 0 bridgehead atoms. The summed E-state index contributed by atoms with van der Waals surface area (Å²) < 4.78 is 112. The quantitative estimate of drug-likeness (QED) is 0.104. The van der Waals surface area contributed by atoms with Gasteiger partial charge in [0, 0.05) is 57.5 Å². The zero-order chi connectivity index (χ0) is 38.3. The van der Waals surface area contributed by atoms with Crippen molar-refractivity contribution in [2.45, 2.75) is 79.9 Å². The summed E-state index contributed by atoms with van der Waals surface area (Å²) in [7, 11) is -13.8. The molecule has 0 spiro atoms. The van der Waals surface area contributed by atoms with Crippen molar-refractivity contribution in [2.24, 2.45) is 0 Å². The Morgan fingerprint density at radius 2 is 1.53 bits per heavy atom. The maximum absolute atomic E-state index is 11.9. The summed E-state index contributed by atoms with van der Waals surface area (Å²) in [6.07, 6.45) is 8.37. The van der Waals surface area contributed by atoms with Crippen LogP contribution in [0.1, 0.15) is 70.4 Å². The molecule has 3 aliphatic carbocycles. The van der Waals surface area contributed by atoms with Crippen LogP contribution in [0.2, 0.25) is 0 Å². The van der Waals surface area contributed by atoms with Crippen molar-refractivity contribution >= 4 is 59.5 Å². The molecule has 17 heteroatoms. The van der Waals surface area contributed by atoms with Gasteiger partial charge in [0.2, 0.25) is 5.69 Å². The highest BCUT2D eigenvalue weighted by Gasteiger charge is 2.54. The molecule has 1 fully saturated rings. The van der Waals surface area contributed by atoms with Crippen LogP contribution in [0.15, 0.2) is 91.9 Å². The van der Waals surface area contributed by atoms with Crippen LogP contribution in [-0.4, -0.2) is 73.8 Å². The van der Waals surface area contributed by atoms with E-state index in [9.17, 15) is 44.2 Å². The molecule has 2 heterocycles. The minimum atomic E-state index is -4.75. The molecule has 7 rings (SSSR count). The predicted molar refractivity (Wildman–Crippen MR) is 192 cm³/mol. The van der Waals surface area contributed by atoms with Gasteiger partial charge < -0.3 is 28.1 Å². The van der Waals surface area contributed by atoms with Crippen molar-refractivity contribution in [2.75, 3.05) is 29.5 Å². The molecule has 2 unspecified atom stereocenters. The van der Waals surface area contributed by atoms with Gasteiger partial charge >= 0.3 is 0 Å². The normalized spacial score (nSPS) is 25.7. The Labute approximate surface area is 313 Å². The van der Waals surface area contributed by atoms with E-state index in [0.29, 0.717) is 47.5 Å². The molecular weight excluding hydrogens is 765 g/mol. The SMILES string of the molecule is CC1=C(/C=C2\CCC3(C)C2=[N+](CCS(=O)(=O)[O-])c2ccc(SO[O-])cc23)CC/C1=C\C1=C2N(CCS(=O)(=O)[O-])c3ccc(S(=O)(=O)[O-])cc3C2(C)CC1. The largest absolute Gasteiger partial charge is 0.748 e. The minimum Gasteiger partial charge on any atom is -0.748 e. The molecule has 2 atom stereocenters. The van der Waals surface area contributed by atoms with E-state index in [1.54, 1.807) is 11.0 Å². The molecule has 0 amide bonds. The lowest BCUT2D eigenvalue weighted by atomic mass is 9.80. The van der Waals surface area contributed by atoms with Crippen molar-refractivity contribution in [3.8, 4) is 0 Å². The van der Waals surface area contributed by atoms with Crippen LogP contribution in [-0.2, 0) is 45.5 Å². The molecule has 1 saturated carbocycles. The molecule has 2 aliphatic heterocycles. The molecule has 0 N–H and O–H groups in total. The summed E-state index contributed by atoms with van der Waals surface area (Å²) in [4.78, 5) is 2.02. The third-order valence-electron chi connectivity index (χ3n) is 11.6. The lowest BCUT2D eigenvalue weighted by molar-refractivity contribution is -0.630. The van der Waals surface area contributed by atoms with Gasteiger partial charge in [-0.05, 0) is 124 Å². The van der Waals surface area contributed by atoms with Gasteiger partial charge in [0.05, 0.1) is 31.9 Å². The van der Waals surface area contributed by atoms with E-state index in [0.717, 1.165) is 69.8 Å². The van der Waals surface area contributed by atoms with Crippen LogP contribution >= 0.6 is 12.0 Å². The second-order valence-corrected chi connectivity index (χ2v) is 19.9. The van der Waals surface area contributed by atoms with Gasteiger partial charge in [0.1, 0.15) is 20.2 Å². The highest BCUT2D eigenvalue weighted by molar-refractivity contribution is 7.94. The number of rotatable bonds is 11. The van der Waals surface area contributed by atoms with E-state index in [1.165, 1.54) is 18.2 Å². The maximum atomic E-state index is 11.9. The summed E-state index contributed by atoms with van der Waals surface area (Å²) in [5.74, 6) is -1.22. The maximum Gasteiger partial charge on any atom is 0.209 e. The topological polar surface area (TPSA) is 210 Å². The molecule has 284 valence electrons. The molecule has 2 aromatic carbocycles. The van der Waals surface area contributed by atoms with Crippen molar-refractivity contribution in [1.29, 1.82) is 0 Å². The number of fused-ring (bicyclic) bond motifs is 6. The van der Waals surface area contributed by atoms with Crippen molar-refractivity contribution in [3.05, 3.63) is 93.2 Å². The molecule has 0 radical (unpaired) electrons. The fourth-order valence-electron chi connectivity index (χ4n) is 9.07. The molecule has 2 aromatic rings. The zero-order valence-corrected chi connectivity index (χ0v) is 32.5. The summed E-state index contributed by atoms with van der Waals surface area (Å²) in [5, 5.41) is 10.9. The second kappa shape index (κ2) is 13.3. The highest BCUT2D eigenvalue weighted by Crippen LogP contribution is 2.57. The molecule has 13 nitrogen and oxygen atoms in total. The fourth-order valence-corrected chi connectivity index (χ4v) is 10.8. The van der Waals surface area contributed by atoms with E-state index in [2.05, 4.69) is 23.4 Å². The molecule has 0 aromatic heterocycles. The first-order valence-corrected chi connectivity index (χ1v) is 22.4. The first-order valence-electron chi connectivity index (χ1n) is 17.1. The minimum absolute atomic E-state index is 0.0146. The monoisotopic (exact) mass is 801 g/mol. The Morgan fingerprint density at radius 1 is 0.830 bits per heavy atom. The molecular formula is C36H37N2O11S4-3. The Hall–Kier alpha value is -3.13. The third kappa shape index (κ3) is 6.89. The molecule has 5 aliphatic rings. The summed E-state index contributed by atoms with van der Waals surface area (Å²) in [5.41, 5.74) is 8.64. The van der Waals surface area contributed by atoms with Crippen LogP contribution in [0.5, 0.6) is 0 Å².